The molecule has 0 atom stereocenters. The van der Waals surface area contributed by atoms with Gasteiger partial charge in [0, 0.05) is 17.2 Å². The number of ether oxygens (including phenoxy) is 3. The number of rotatable bonds is 5. The zero-order valence-electron chi connectivity index (χ0n) is 14.1. The molecule has 0 unspecified atom stereocenters. The highest BCUT2D eigenvalue weighted by Crippen LogP contribution is 2.28. The summed E-state index contributed by atoms with van der Waals surface area (Å²) in [5.41, 5.74) is 2.29. The number of fused-ring (bicyclic) bond motifs is 1. The van der Waals surface area contributed by atoms with Crippen LogP contribution in [-0.2, 0) is 4.79 Å². The van der Waals surface area contributed by atoms with Crippen molar-refractivity contribution in [2.24, 2.45) is 10.2 Å². The summed E-state index contributed by atoms with van der Waals surface area (Å²) in [5.74, 6) is 1.61. The number of anilines is 1. The fourth-order valence-electron chi connectivity index (χ4n) is 2.43. The molecule has 3 rings (SSSR count). The van der Waals surface area contributed by atoms with E-state index in [9.17, 15) is 4.79 Å². The summed E-state index contributed by atoms with van der Waals surface area (Å²) in [4.78, 5) is 12.1. The number of nitrogens with zero attached hydrogens (tertiary/aromatic N) is 2. The van der Waals surface area contributed by atoms with Gasteiger partial charge in [0.1, 0.15) is 17.2 Å². The molecule has 2 aromatic rings. The molecule has 1 heterocycles. The van der Waals surface area contributed by atoms with Gasteiger partial charge in [0.05, 0.1) is 33.2 Å². The van der Waals surface area contributed by atoms with E-state index >= 15 is 0 Å². The van der Waals surface area contributed by atoms with E-state index < -0.39 is 0 Å². The van der Waals surface area contributed by atoms with Gasteiger partial charge in [-0.05, 0) is 30.3 Å². The first-order chi connectivity index (χ1) is 12.2. The molecule has 0 fully saturated rings. The number of hydrogen-bond acceptors (Lipinski definition) is 6. The Morgan fingerprint density at radius 2 is 1.68 bits per heavy atom. The van der Waals surface area contributed by atoms with Crippen LogP contribution in [0.3, 0.4) is 0 Å². The molecular formula is C18H17N3O4. The van der Waals surface area contributed by atoms with E-state index in [1.54, 1.807) is 57.7 Å². The Hall–Kier alpha value is -3.35. The van der Waals surface area contributed by atoms with E-state index in [-0.39, 0.29) is 11.6 Å². The second-order valence-electron chi connectivity index (χ2n) is 5.17. The molecular weight excluding hydrogens is 322 g/mol. The van der Waals surface area contributed by atoms with Crippen LogP contribution in [0.1, 0.15) is 11.1 Å². The zero-order valence-corrected chi connectivity index (χ0v) is 14.1. The van der Waals surface area contributed by atoms with Gasteiger partial charge in [-0.3, -0.25) is 4.79 Å². The summed E-state index contributed by atoms with van der Waals surface area (Å²) in [7, 11) is 4.71. The predicted octanol–water partition coefficient (Wildman–Crippen LogP) is 2.49. The van der Waals surface area contributed by atoms with E-state index in [1.165, 1.54) is 6.21 Å². The van der Waals surface area contributed by atoms with Gasteiger partial charge in [-0.1, -0.05) is 0 Å². The second kappa shape index (κ2) is 7.04. The van der Waals surface area contributed by atoms with E-state index in [1.807, 2.05) is 0 Å². The van der Waals surface area contributed by atoms with E-state index in [2.05, 4.69) is 15.5 Å². The maximum atomic E-state index is 12.1. The fraction of sp³-hybridized carbons (Fsp3) is 0.167. The highest BCUT2D eigenvalue weighted by atomic mass is 16.5. The maximum absolute atomic E-state index is 12.1. The van der Waals surface area contributed by atoms with Crippen molar-refractivity contribution in [3.8, 4) is 17.2 Å². The first-order valence-electron chi connectivity index (χ1n) is 7.49. The van der Waals surface area contributed by atoms with Crippen molar-refractivity contribution in [2.75, 3.05) is 26.6 Å². The third kappa shape index (κ3) is 3.30. The molecule has 0 radical (unpaired) electrons. The number of hydrogen-bond donors (Lipinski definition) is 1. The van der Waals surface area contributed by atoms with Gasteiger partial charge in [0.25, 0.3) is 5.91 Å². The smallest absolute Gasteiger partial charge is 0.276 e. The number of methoxy groups -OCH3 is 3. The lowest BCUT2D eigenvalue weighted by Gasteiger charge is -2.06. The number of amides is 1. The predicted molar refractivity (Wildman–Crippen MR) is 95.3 cm³/mol. The molecule has 7 heteroatoms. The first-order valence-corrected chi connectivity index (χ1v) is 7.49. The molecule has 1 aliphatic rings. The molecule has 128 valence electrons. The van der Waals surface area contributed by atoms with Gasteiger partial charge >= 0.3 is 0 Å². The summed E-state index contributed by atoms with van der Waals surface area (Å²) in [6.07, 6.45) is 1.52. The number of carbonyl (C=O) groups is 1. The van der Waals surface area contributed by atoms with Gasteiger partial charge in [0.2, 0.25) is 0 Å². The van der Waals surface area contributed by atoms with Gasteiger partial charge in [-0.25, -0.2) is 0 Å². The normalized spacial score (nSPS) is 14.5. The van der Waals surface area contributed by atoms with Crippen LogP contribution in [-0.4, -0.2) is 39.2 Å². The third-order valence-corrected chi connectivity index (χ3v) is 3.74. The van der Waals surface area contributed by atoms with Gasteiger partial charge in [0.15, 0.2) is 5.71 Å². The minimum absolute atomic E-state index is 0.234. The van der Waals surface area contributed by atoms with Crippen molar-refractivity contribution < 1.29 is 19.0 Å². The summed E-state index contributed by atoms with van der Waals surface area (Å²) in [6, 6.07) is 10.6. The SMILES string of the molecule is COc1ccc(/C=N/N=C2/C(=O)Nc3ccc(OC)cc32)c(OC)c1. The molecule has 1 N–H and O–H groups in total. The highest BCUT2D eigenvalue weighted by molar-refractivity contribution is 6.53. The minimum atomic E-state index is -0.304. The standard InChI is InChI=1S/C18H17N3O4/c1-23-12-6-7-15-14(8-12)17(18(22)20-15)21-19-10-11-4-5-13(24-2)9-16(11)25-3/h4-10H,1-3H3,(H,20,21,22)/b19-10+. The van der Waals surface area contributed by atoms with Crippen LogP contribution in [0.2, 0.25) is 0 Å². The fourth-order valence-corrected chi connectivity index (χ4v) is 2.43. The summed E-state index contributed by atoms with van der Waals surface area (Å²) >= 11 is 0. The number of nitrogens with one attached hydrogen (secondary N) is 1. The lowest BCUT2D eigenvalue weighted by molar-refractivity contribution is -0.110. The Morgan fingerprint density at radius 3 is 2.40 bits per heavy atom. The Bertz CT molecular complexity index is 875. The highest BCUT2D eigenvalue weighted by Gasteiger charge is 2.26. The maximum Gasteiger partial charge on any atom is 0.276 e. The summed E-state index contributed by atoms with van der Waals surface area (Å²) in [5, 5.41) is 10.8. The Labute approximate surface area is 144 Å². The van der Waals surface area contributed by atoms with E-state index in [0.29, 0.717) is 28.5 Å². The van der Waals surface area contributed by atoms with Gasteiger partial charge < -0.3 is 19.5 Å². The van der Waals surface area contributed by atoms with Crippen LogP contribution in [0, 0.1) is 0 Å². The molecule has 0 spiro atoms. The average molecular weight is 339 g/mol. The molecule has 7 nitrogen and oxygen atoms in total. The second-order valence-corrected chi connectivity index (χ2v) is 5.17. The molecule has 2 aromatic carbocycles. The Morgan fingerprint density at radius 1 is 0.960 bits per heavy atom. The molecule has 25 heavy (non-hydrogen) atoms. The minimum Gasteiger partial charge on any atom is -0.497 e. The van der Waals surface area contributed by atoms with Crippen molar-refractivity contribution in [1.82, 2.24) is 0 Å². The summed E-state index contributed by atoms with van der Waals surface area (Å²) in [6.45, 7) is 0. The summed E-state index contributed by atoms with van der Waals surface area (Å²) < 4.78 is 15.6. The van der Waals surface area contributed by atoms with Gasteiger partial charge in [-0.2, -0.15) is 5.10 Å². The van der Waals surface area contributed by atoms with Crippen LogP contribution in [0.25, 0.3) is 0 Å². The monoisotopic (exact) mass is 339 g/mol. The lowest BCUT2D eigenvalue weighted by Crippen LogP contribution is -2.13. The third-order valence-electron chi connectivity index (χ3n) is 3.74. The number of benzene rings is 2. The van der Waals surface area contributed by atoms with Crippen molar-refractivity contribution in [3.05, 3.63) is 47.5 Å². The Kier molecular flexibility index (Phi) is 4.65. The van der Waals surface area contributed by atoms with Crippen LogP contribution in [0.15, 0.2) is 46.6 Å². The molecule has 0 saturated carbocycles. The van der Waals surface area contributed by atoms with Gasteiger partial charge in [-0.15, -0.1) is 5.10 Å². The molecule has 1 aliphatic heterocycles. The lowest BCUT2D eigenvalue weighted by atomic mass is 10.1. The number of carbonyl (C=O) groups excluding carboxylic acids is 1. The molecule has 0 aromatic heterocycles. The van der Waals surface area contributed by atoms with Crippen LogP contribution >= 0.6 is 0 Å². The van der Waals surface area contributed by atoms with Crippen LogP contribution in [0.5, 0.6) is 17.2 Å². The largest absolute Gasteiger partial charge is 0.497 e. The van der Waals surface area contributed by atoms with E-state index in [0.717, 1.165) is 5.56 Å². The average Bonchev–Trinajstić information content (AvgIpc) is 2.96. The molecule has 0 bridgehead atoms. The first kappa shape index (κ1) is 16.5. The zero-order chi connectivity index (χ0) is 17.8. The quantitative estimate of drug-likeness (QED) is 0.670. The van der Waals surface area contributed by atoms with Crippen LogP contribution in [0.4, 0.5) is 5.69 Å². The molecule has 0 saturated heterocycles. The Balaban J connectivity index is 1.90. The molecule has 0 aliphatic carbocycles. The molecule has 1 amide bonds. The van der Waals surface area contributed by atoms with Crippen LogP contribution < -0.4 is 19.5 Å². The van der Waals surface area contributed by atoms with Crippen molar-refractivity contribution in [3.63, 3.8) is 0 Å². The van der Waals surface area contributed by atoms with Crippen molar-refractivity contribution >= 4 is 23.5 Å². The van der Waals surface area contributed by atoms with E-state index in [4.69, 9.17) is 14.2 Å². The van der Waals surface area contributed by atoms with Crippen molar-refractivity contribution in [2.45, 2.75) is 0 Å². The topological polar surface area (TPSA) is 81.5 Å². The van der Waals surface area contributed by atoms with Crippen molar-refractivity contribution in [1.29, 1.82) is 0 Å².